The first-order valence-electron chi connectivity index (χ1n) is 7.66. The highest BCUT2D eigenvalue weighted by Gasteiger charge is 2.17. The second-order valence-electron chi connectivity index (χ2n) is 5.42. The standard InChI is InChI=1S/C18H14BrN3O4S/c19-15-6-1-2-7-16(15)27(24,25)22-13-8-9-17(21-11-13)26-14-5-3-4-12(10-14)18(20)23/h1-11,22H,(H2,20,23). The molecule has 27 heavy (non-hydrogen) atoms. The van der Waals surface area contributed by atoms with Gasteiger partial charge in [-0.05, 0) is 52.3 Å². The molecular weight excluding hydrogens is 434 g/mol. The van der Waals surface area contributed by atoms with Crippen molar-refractivity contribution in [2.24, 2.45) is 5.73 Å². The zero-order valence-corrected chi connectivity index (χ0v) is 16.2. The molecule has 2 aromatic carbocycles. The van der Waals surface area contributed by atoms with Crippen LogP contribution in [0.2, 0.25) is 0 Å². The number of carbonyl (C=O) groups is 1. The minimum atomic E-state index is -3.76. The van der Waals surface area contributed by atoms with Gasteiger partial charge in [0.25, 0.3) is 10.0 Å². The molecule has 0 unspecified atom stereocenters. The fourth-order valence-corrected chi connectivity index (χ4v) is 4.26. The third kappa shape index (κ3) is 4.63. The lowest BCUT2D eigenvalue weighted by Crippen LogP contribution is -2.13. The minimum Gasteiger partial charge on any atom is -0.439 e. The molecule has 3 rings (SSSR count). The molecule has 0 saturated heterocycles. The predicted molar refractivity (Wildman–Crippen MR) is 104 cm³/mol. The average Bonchev–Trinajstić information content (AvgIpc) is 2.63. The lowest BCUT2D eigenvalue weighted by atomic mass is 10.2. The van der Waals surface area contributed by atoms with Crippen molar-refractivity contribution in [2.45, 2.75) is 4.90 Å². The number of benzene rings is 2. The Morgan fingerprint density at radius 2 is 1.85 bits per heavy atom. The number of halogens is 1. The molecule has 0 aliphatic rings. The van der Waals surface area contributed by atoms with Crippen LogP contribution in [0, 0.1) is 0 Å². The van der Waals surface area contributed by atoms with Gasteiger partial charge in [-0.3, -0.25) is 9.52 Å². The van der Waals surface area contributed by atoms with Crippen LogP contribution in [0.25, 0.3) is 0 Å². The average molecular weight is 448 g/mol. The summed E-state index contributed by atoms with van der Waals surface area (Å²) in [5.41, 5.74) is 5.83. The summed E-state index contributed by atoms with van der Waals surface area (Å²) in [5, 5.41) is 0. The van der Waals surface area contributed by atoms with E-state index in [0.29, 0.717) is 15.8 Å². The first kappa shape index (κ1) is 18.9. The number of ether oxygens (including phenoxy) is 1. The molecule has 0 aliphatic carbocycles. The molecule has 138 valence electrons. The molecule has 3 aromatic rings. The normalized spacial score (nSPS) is 11.0. The number of anilines is 1. The van der Waals surface area contributed by atoms with Gasteiger partial charge in [-0.15, -0.1) is 0 Å². The summed E-state index contributed by atoms with van der Waals surface area (Å²) in [4.78, 5) is 15.4. The van der Waals surface area contributed by atoms with Gasteiger partial charge in [0.2, 0.25) is 11.8 Å². The number of hydrogen-bond donors (Lipinski definition) is 2. The molecule has 3 N–H and O–H groups in total. The number of sulfonamides is 1. The fraction of sp³-hybridized carbons (Fsp3) is 0. The van der Waals surface area contributed by atoms with Crippen LogP contribution >= 0.6 is 15.9 Å². The molecule has 1 aromatic heterocycles. The van der Waals surface area contributed by atoms with Gasteiger partial charge < -0.3 is 10.5 Å². The Labute approximate surface area is 164 Å². The highest BCUT2D eigenvalue weighted by atomic mass is 79.9. The number of nitrogens with two attached hydrogens (primary N) is 1. The number of amides is 1. The van der Waals surface area contributed by atoms with Crippen molar-refractivity contribution < 1.29 is 17.9 Å². The second kappa shape index (κ2) is 7.77. The van der Waals surface area contributed by atoms with Crippen molar-refractivity contribution in [3.63, 3.8) is 0 Å². The summed E-state index contributed by atoms with van der Waals surface area (Å²) in [6.45, 7) is 0. The quantitative estimate of drug-likeness (QED) is 0.599. The summed E-state index contributed by atoms with van der Waals surface area (Å²) in [7, 11) is -3.76. The number of primary amides is 1. The zero-order chi connectivity index (χ0) is 19.4. The first-order chi connectivity index (χ1) is 12.8. The molecule has 0 fully saturated rings. The van der Waals surface area contributed by atoms with Crippen LogP contribution in [-0.2, 0) is 10.0 Å². The first-order valence-corrected chi connectivity index (χ1v) is 9.94. The van der Waals surface area contributed by atoms with Crippen molar-refractivity contribution in [3.8, 4) is 11.6 Å². The Morgan fingerprint density at radius 3 is 2.52 bits per heavy atom. The molecule has 1 amide bonds. The summed E-state index contributed by atoms with van der Waals surface area (Å²) in [6, 6.07) is 15.9. The Morgan fingerprint density at radius 1 is 1.07 bits per heavy atom. The summed E-state index contributed by atoms with van der Waals surface area (Å²) in [6.07, 6.45) is 1.33. The molecule has 0 saturated carbocycles. The van der Waals surface area contributed by atoms with E-state index in [9.17, 15) is 13.2 Å². The Kier molecular flexibility index (Phi) is 5.43. The molecule has 0 aliphatic heterocycles. The number of nitrogens with one attached hydrogen (secondary N) is 1. The SMILES string of the molecule is NC(=O)c1cccc(Oc2ccc(NS(=O)(=O)c3ccccc3Br)cn2)c1. The molecule has 7 nitrogen and oxygen atoms in total. The molecular formula is C18H14BrN3O4S. The van der Waals surface area contributed by atoms with Gasteiger partial charge in [0.15, 0.2) is 0 Å². The molecule has 0 spiro atoms. The van der Waals surface area contributed by atoms with E-state index in [1.807, 2.05) is 0 Å². The monoisotopic (exact) mass is 447 g/mol. The maximum absolute atomic E-state index is 12.5. The van der Waals surface area contributed by atoms with Gasteiger partial charge >= 0.3 is 0 Å². The highest BCUT2D eigenvalue weighted by Crippen LogP contribution is 2.25. The van der Waals surface area contributed by atoms with Crippen LogP contribution in [0.5, 0.6) is 11.6 Å². The smallest absolute Gasteiger partial charge is 0.263 e. The fourth-order valence-electron chi connectivity index (χ4n) is 2.21. The third-order valence-electron chi connectivity index (χ3n) is 3.46. The van der Waals surface area contributed by atoms with E-state index in [2.05, 4.69) is 25.6 Å². The highest BCUT2D eigenvalue weighted by molar-refractivity contribution is 9.10. The molecule has 9 heteroatoms. The second-order valence-corrected chi connectivity index (χ2v) is 7.92. The van der Waals surface area contributed by atoms with E-state index in [-0.39, 0.29) is 16.5 Å². The van der Waals surface area contributed by atoms with Crippen LogP contribution in [0.15, 0.2) is 76.2 Å². The van der Waals surface area contributed by atoms with Crippen LogP contribution in [0.4, 0.5) is 5.69 Å². The maximum atomic E-state index is 12.5. The van der Waals surface area contributed by atoms with Crippen molar-refractivity contribution in [1.82, 2.24) is 4.98 Å². The molecule has 0 radical (unpaired) electrons. The van der Waals surface area contributed by atoms with E-state index >= 15 is 0 Å². The zero-order valence-electron chi connectivity index (χ0n) is 13.8. The number of hydrogen-bond acceptors (Lipinski definition) is 5. The number of pyridine rings is 1. The third-order valence-corrected chi connectivity index (χ3v) is 5.85. The summed E-state index contributed by atoms with van der Waals surface area (Å²) < 4.78 is 33.4. The van der Waals surface area contributed by atoms with Gasteiger partial charge in [-0.1, -0.05) is 18.2 Å². The lowest BCUT2D eigenvalue weighted by Gasteiger charge is -2.10. The number of aromatic nitrogens is 1. The summed E-state index contributed by atoms with van der Waals surface area (Å²) >= 11 is 3.22. The van der Waals surface area contributed by atoms with E-state index in [4.69, 9.17) is 10.5 Å². The van der Waals surface area contributed by atoms with Gasteiger partial charge in [0, 0.05) is 16.1 Å². The maximum Gasteiger partial charge on any atom is 0.263 e. The van der Waals surface area contributed by atoms with E-state index in [1.165, 1.54) is 30.5 Å². The van der Waals surface area contributed by atoms with Crippen LogP contribution < -0.4 is 15.2 Å². The number of carbonyl (C=O) groups excluding carboxylic acids is 1. The Balaban J connectivity index is 1.75. The minimum absolute atomic E-state index is 0.119. The number of rotatable bonds is 6. The summed E-state index contributed by atoms with van der Waals surface area (Å²) in [5.74, 6) is 0.0612. The van der Waals surface area contributed by atoms with Gasteiger partial charge in [-0.25, -0.2) is 13.4 Å². The lowest BCUT2D eigenvalue weighted by molar-refractivity contribution is 0.1000. The van der Waals surface area contributed by atoms with Crippen molar-refractivity contribution in [3.05, 3.63) is 76.9 Å². The van der Waals surface area contributed by atoms with Crippen molar-refractivity contribution in [1.29, 1.82) is 0 Å². The molecule has 1 heterocycles. The predicted octanol–water partition coefficient (Wildman–Crippen LogP) is 3.54. The van der Waals surface area contributed by atoms with Crippen LogP contribution in [0.3, 0.4) is 0 Å². The van der Waals surface area contributed by atoms with Crippen LogP contribution in [0.1, 0.15) is 10.4 Å². The topological polar surface area (TPSA) is 111 Å². The molecule has 0 bridgehead atoms. The van der Waals surface area contributed by atoms with Crippen LogP contribution in [-0.4, -0.2) is 19.3 Å². The van der Waals surface area contributed by atoms with Crippen molar-refractivity contribution in [2.75, 3.05) is 4.72 Å². The van der Waals surface area contributed by atoms with E-state index < -0.39 is 15.9 Å². The van der Waals surface area contributed by atoms with Gasteiger partial charge in [-0.2, -0.15) is 0 Å². The van der Waals surface area contributed by atoms with Crippen molar-refractivity contribution >= 4 is 37.5 Å². The number of nitrogens with zero attached hydrogens (tertiary/aromatic N) is 1. The van der Waals surface area contributed by atoms with E-state index in [0.717, 1.165) is 0 Å². The van der Waals surface area contributed by atoms with Gasteiger partial charge in [0.1, 0.15) is 10.6 Å². The molecule has 0 atom stereocenters. The van der Waals surface area contributed by atoms with Gasteiger partial charge in [0.05, 0.1) is 11.9 Å². The Hall–Kier alpha value is -2.91. The largest absolute Gasteiger partial charge is 0.439 e. The Bertz CT molecular complexity index is 1090. The van der Waals surface area contributed by atoms with E-state index in [1.54, 1.807) is 36.4 Å².